The summed E-state index contributed by atoms with van der Waals surface area (Å²) in [5, 5.41) is 6.40. The van der Waals surface area contributed by atoms with Gasteiger partial charge >= 0.3 is 6.03 Å². The zero-order valence-electron chi connectivity index (χ0n) is 16.3. The Balaban J connectivity index is 1.25. The number of anilines is 2. The van der Waals surface area contributed by atoms with E-state index in [2.05, 4.69) is 46.8 Å². The highest BCUT2D eigenvalue weighted by Crippen LogP contribution is 2.22. The van der Waals surface area contributed by atoms with Crippen LogP contribution in [0, 0.1) is 6.92 Å². The maximum absolute atomic E-state index is 12.6. The number of urea groups is 1. The molecule has 1 N–H and O–H groups in total. The van der Waals surface area contributed by atoms with Gasteiger partial charge < -0.3 is 19.9 Å². The van der Waals surface area contributed by atoms with Gasteiger partial charge in [-0.25, -0.2) is 9.78 Å². The summed E-state index contributed by atoms with van der Waals surface area (Å²) < 4.78 is 5.33. The lowest BCUT2D eigenvalue weighted by atomic mass is 10.2. The predicted molar refractivity (Wildman–Crippen MR) is 111 cm³/mol. The molecule has 0 saturated carbocycles. The minimum atomic E-state index is 0.154. The number of benzene rings is 1. The Kier molecular flexibility index (Phi) is 6.09. The molecule has 3 heterocycles. The zero-order valence-corrected chi connectivity index (χ0v) is 17.1. The molecule has 2 aliphatic rings. The van der Waals surface area contributed by atoms with Crippen molar-refractivity contribution >= 4 is 28.2 Å². The zero-order chi connectivity index (χ0) is 19.3. The lowest BCUT2D eigenvalue weighted by Crippen LogP contribution is -2.54. The Bertz CT molecular complexity index is 780. The molecule has 1 aromatic heterocycles. The van der Waals surface area contributed by atoms with Crippen LogP contribution in [0.15, 0.2) is 29.6 Å². The van der Waals surface area contributed by atoms with Crippen molar-refractivity contribution in [3.63, 3.8) is 0 Å². The van der Waals surface area contributed by atoms with E-state index < -0.39 is 0 Å². The Morgan fingerprint density at radius 2 is 1.75 bits per heavy atom. The van der Waals surface area contributed by atoms with Crippen molar-refractivity contribution in [2.75, 3.05) is 57.8 Å². The first-order valence-corrected chi connectivity index (χ1v) is 10.7. The summed E-state index contributed by atoms with van der Waals surface area (Å²) in [4.78, 5) is 23.5. The summed E-state index contributed by atoms with van der Waals surface area (Å²) in [7, 11) is 0. The van der Waals surface area contributed by atoms with E-state index in [1.54, 1.807) is 11.3 Å². The van der Waals surface area contributed by atoms with Gasteiger partial charge in [-0.15, -0.1) is 11.3 Å². The van der Waals surface area contributed by atoms with Gasteiger partial charge in [-0.1, -0.05) is 17.7 Å². The number of ether oxygens (including phenoxy) is 1. The topological polar surface area (TPSA) is 60.9 Å². The molecule has 4 rings (SSSR count). The molecule has 7 nitrogen and oxygen atoms in total. The van der Waals surface area contributed by atoms with E-state index in [-0.39, 0.29) is 6.03 Å². The molecule has 0 spiro atoms. The fourth-order valence-corrected chi connectivity index (χ4v) is 4.20. The Hall–Kier alpha value is -2.16. The van der Waals surface area contributed by atoms with Crippen molar-refractivity contribution in [3.8, 4) is 0 Å². The number of nitrogens with zero attached hydrogens (tertiary/aromatic N) is 4. The van der Waals surface area contributed by atoms with Gasteiger partial charge in [0.25, 0.3) is 0 Å². The molecule has 2 amide bonds. The number of hydrogen-bond donors (Lipinski definition) is 1. The first kappa shape index (κ1) is 19.2. The predicted octanol–water partition coefficient (Wildman–Crippen LogP) is 2.76. The molecule has 0 unspecified atom stereocenters. The second kappa shape index (κ2) is 8.89. The van der Waals surface area contributed by atoms with E-state index in [4.69, 9.17) is 9.72 Å². The Morgan fingerprint density at radius 1 is 1.07 bits per heavy atom. The van der Waals surface area contributed by atoms with Crippen LogP contribution in [-0.4, -0.2) is 78.2 Å². The monoisotopic (exact) mass is 401 g/mol. The minimum absolute atomic E-state index is 0.154. The highest BCUT2D eigenvalue weighted by atomic mass is 32.1. The van der Waals surface area contributed by atoms with Crippen LogP contribution in [0.3, 0.4) is 0 Å². The summed E-state index contributed by atoms with van der Waals surface area (Å²) in [6, 6.07) is 8.48. The standard InChI is InChI=1S/C20H27N5O2S/c1-16-2-4-17(5-3-16)21-19-22-18(15-28-19)14-23-6-8-24(9-7-23)20(26)25-10-12-27-13-11-25/h2-5,15H,6-14H2,1H3,(H,21,22). The number of carbonyl (C=O) groups excluding carboxylic acids is 1. The summed E-state index contributed by atoms with van der Waals surface area (Å²) in [6.07, 6.45) is 0. The van der Waals surface area contributed by atoms with E-state index in [9.17, 15) is 4.79 Å². The summed E-state index contributed by atoms with van der Waals surface area (Å²) in [5.41, 5.74) is 3.38. The molecule has 0 aliphatic carbocycles. The van der Waals surface area contributed by atoms with Crippen LogP contribution >= 0.6 is 11.3 Å². The molecule has 2 fully saturated rings. The number of carbonyl (C=O) groups is 1. The van der Waals surface area contributed by atoms with Gasteiger partial charge in [-0.05, 0) is 19.1 Å². The number of morpholine rings is 1. The van der Waals surface area contributed by atoms with Crippen LogP contribution in [0.25, 0.3) is 0 Å². The molecular weight excluding hydrogens is 374 g/mol. The maximum atomic E-state index is 12.6. The fourth-order valence-electron chi connectivity index (χ4n) is 3.48. The van der Waals surface area contributed by atoms with Crippen LogP contribution in [0.1, 0.15) is 11.3 Å². The molecule has 1 aromatic carbocycles. The highest BCUT2D eigenvalue weighted by Gasteiger charge is 2.26. The SMILES string of the molecule is Cc1ccc(Nc2nc(CN3CCN(C(=O)N4CCOCC4)CC3)cs2)cc1. The second-order valence-corrected chi connectivity index (χ2v) is 8.14. The van der Waals surface area contributed by atoms with E-state index in [1.807, 2.05) is 9.80 Å². The van der Waals surface area contributed by atoms with Gasteiger partial charge in [0.05, 0.1) is 18.9 Å². The molecule has 2 aliphatic heterocycles. The van der Waals surface area contributed by atoms with Crippen molar-refractivity contribution in [2.24, 2.45) is 0 Å². The highest BCUT2D eigenvalue weighted by molar-refractivity contribution is 7.13. The quantitative estimate of drug-likeness (QED) is 0.854. The largest absolute Gasteiger partial charge is 0.378 e. The molecule has 0 radical (unpaired) electrons. The average Bonchev–Trinajstić information content (AvgIpc) is 3.17. The third-order valence-electron chi connectivity index (χ3n) is 5.16. The first-order valence-electron chi connectivity index (χ1n) is 9.79. The van der Waals surface area contributed by atoms with Gasteiger partial charge in [-0.3, -0.25) is 4.90 Å². The van der Waals surface area contributed by atoms with Crippen LogP contribution in [0.2, 0.25) is 0 Å². The first-order chi connectivity index (χ1) is 13.7. The molecule has 2 aromatic rings. The molecule has 150 valence electrons. The van der Waals surface area contributed by atoms with E-state index in [0.717, 1.165) is 49.2 Å². The van der Waals surface area contributed by atoms with E-state index in [0.29, 0.717) is 26.3 Å². The number of hydrogen-bond acceptors (Lipinski definition) is 6. The lowest BCUT2D eigenvalue weighted by molar-refractivity contribution is 0.0372. The normalized spacial score (nSPS) is 18.3. The molecular formula is C20H27N5O2S. The van der Waals surface area contributed by atoms with Gasteiger partial charge in [0.2, 0.25) is 0 Å². The summed E-state index contributed by atoms with van der Waals surface area (Å²) >= 11 is 1.63. The fraction of sp³-hybridized carbons (Fsp3) is 0.500. The van der Waals surface area contributed by atoms with Gasteiger partial charge in [0.15, 0.2) is 5.13 Å². The average molecular weight is 402 g/mol. The molecule has 0 bridgehead atoms. The number of piperazine rings is 1. The van der Waals surface area contributed by atoms with Gasteiger partial charge in [0, 0.05) is 56.9 Å². The van der Waals surface area contributed by atoms with Crippen LogP contribution < -0.4 is 5.32 Å². The number of aryl methyl sites for hydroxylation is 1. The summed E-state index contributed by atoms with van der Waals surface area (Å²) in [5.74, 6) is 0. The minimum Gasteiger partial charge on any atom is -0.378 e. The Labute approximate surface area is 169 Å². The lowest BCUT2D eigenvalue weighted by Gasteiger charge is -2.38. The molecule has 28 heavy (non-hydrogen) atoms. The Morgan fingerprint density at radius 3 is 2.46 bits per heavy atom. The van der Waals surface area contributed by atoms with E-state index >= 15 is 0 Å². The van der Waals surface area contributed by atoms with Crippen molar-refractivity contribution in [1.29, 1.82) is 0 Å². The third kappa shape index (κ3) is 4.81. The van der Waals surface area contributed by atoms with Crippen molar-refractivity contribution in [1.82, 2.24) is 19.7 Å². The van der Waals surface area contributed by atoms with E-state index in [1.165, 1.54) is 5.56 Å². The van der Waals surface area contributed by atoms with Crippen molar-refractivity contribution in [2.45, 2.75) is 13.5 Å². The number of nitrogens with one attached hydrogen (secondary N) is 1. The maximum Gasteiger partial charge on any atom is 0.320 e. The van der Waals surface area contributed by atoms with Gasteiger partial charge in [0.1, 0.15) is 0 Å². The second-order valence-electron chi connectivity index (χ2n) is 7.28. The van der Waals surface area contributed by atoms with Gasteiger partial charge in [-0.2, -0.15) is 0 Å². The van der Waals surface area contributed by atoms with Crippen LogP contribution in [0.5, 0.6) is 0 Å². The number of rotatable bonds is 4. The number of amides is 2. The van der Waals surface area contributed by atoms with Crippen molar-refractivity contribution in [3.05, 3.63) is 40.9 Å². The molecule has 0 atom stereocenters. The number of thiazole rings is 1. The number of aromatic nitrogens is 1. The van der Waals surface area contributed by atoms with Crippen LogP contribution in [-0.2, 0) is 11.3 Å². The molecule has 8 heteroatoms. The van der Waals surface area contributed by atoms with Crippen molar-refractivity contribution < 1.29 is 9.53 Å². The van der Waals surface area contributed by atoms with Crippen LogP contribution in [0.4, 0.5) is 15.6 Å². The summed E-state index contributed by atoms with van der Waals surface area (Å²) in [6.45, 7) is 8.92. The third-order valence-corrected chi connectivity index (χ3v) is 5.97. The molecule has 2 saturated heterocycles. The smallest absolute Gasteiger partial charge is 0.320 e.